The van der Waals surface area contributed by atoms with Crippen LogP contribution in [0.1, 0.15) is 70.2 Å². The van der Waals surface area contributed by atoms with Crippen LogP contribution in [0.25, 0.3) is 10.9 Å². The highest BCUT2D eigenvalue weighted by atomic mass is 35.5. The predicted octanol–water partition coefficient (Wildman–Crippen LogP) is 7.41. The summed E-state index contributed by atoms with van der Waals surface area (Å²) in [5.41, 5.74) is 3.32. The molecule has 222 valence electrons. The predicted molar refractivity (Wildman–Crippen MR) is 171 cm³/mol. The van der Waals surface area contributed by atoms with Crippen molar-refractivity contribution in [3.63, 3.8) is 0 Å². The number of benzene rings is 2. The van der Waals surface area contributed by atoms with E-state index in [1.165, 1.54) is 25.5 Å². The summed E-state index contributed by atoms with van der Waals surface area (Å²) in [7, 11) is 0. The van der Waals surface area contributed by atoms with Crippen LogP contribution in [-0.2, 0) is 0 Å². The van der Waals surface area contributed by atoms with E-state index in [1.54, 1.807) is 48.8 Å². The van der Waals surface area contributed by atoms with E-state index in [1.807, 2.05) is 42.5 Å². The zero-order valence-electron chi connectivity index (χ0n) is 24.1. The maximum absolute atomic E-state index is 13.3. The molecule has 0 saturated heterocycles. The van der Waals surface area contributed by atoms with E-state index in [9.17, 15) is 9.59 Å². The van der Waals surface area contributed by atoms with Crippen molar-refractivity contribution in [3.05, 3.63) is 125 Å². The Bertz CT molecular complexity index is 1720. The molecule has 1 saturated carbocycles. The highest BCUT2D eigenvalue weighted by molar-refractivity contribution is 6.32. The average Bonchev–Trinajstić information content (AvgIpc) is 3.07. The molecule has 0 spiro atoms. The van der Waals surface area contributed by atoms with Crippen LogP contribution in [0, 0.1) is 5.92 Å². The number of anilines is 1. The number of pyridine rings is 3. The molecule has 2 aromatic carbocycles. The first kappa shape index (κ1) is 29.3. The van der Waals surface area contributed by atoms with E-state index in [4.69, 9.17) is 16.3 Å². The fourth-order valence-electron chi connectivity index (χ4n) is 5.52. The summed E-state index contributed by atoms with van der Waals surface area (Å²) in [6, 6.07) is 22.9. The molecule has 0 atom stereocenters. The van der Waals surface area contributed by atoms with Crippen LogP contribution in [-0.4, -0.2) is 33.4 Å². The first-order chi connectivity index (χ1) is 21.5. The first-order valence-electron chi connectivity index (χ1n) is 14.8. The van der Waals surface area contributed by atoms with Crippen LogP contribution < -0.4 is 15.4 Å². The van der Waals surface area contributed by atoms with Gasteiger partial charge in [0, 0.05) is 29.7 Å². The van der Waals surface area contributed by atoms with E-state index in [2.05, 4.69) is 25.6 Å². The molecular formula is C35H32ClN5O3. The van der Waals surface area contributed by atoms with Crippen molar-refractivity contribution in [2.24, 2.45) is 5.92 Å². The molecule has 1 fully saturated rings. The van der Waals surface area contributed by atoms with Gasteiger partial charge in [0.2, 0.25) is 0 Å². The molecule has 1 aliphatic carbocycles. The van der Waals surface area contributed by atoms with E-state index >= 15 is 0 Å². The second-order valence-electron chi connectivity index (χ2n) is 10.9. The summed E-state index contributed by atoms with van der Waals surface area (Å²) >= 11 is 6.46. The van der Waals surface area contributed by atoms with Gasteiger partial charge < -0.3 is 15.4 Å². The zero-order chi connectivity index (χ0) is 30.3. The number of carbonyl (C=O) groups excluding carboxylic acids is 2. The molecule has 6 rings (SSSR count). The second kappa shape index (κ2) is 13.7. The van der Waals surface area contributed by atoms with Crippen molar-refractivity contribution in [1.82, 2.24) is 20.3 Å². The Morgan fingerprint density at radius 3 is 2.30 bits per heavy atom. The average molecular weight is 606 g/mol. The fourth-order valence-corrected chi connectivity index (χ4v) is 5.75. The standard InChI is InChI=1S/C35H32ClN5O3/c36-28-12-8-11-27(33(28)44-22-23-9-2-1-3-10-23)35(43)40-26-16-15-24-19-25(21-39-31(24)20-26)34(42)41-32(29-13-4-6-17-37-29)30-14-5-7-18-38-30/h4-8,11-21,23,32H,1-3,9-10,22H2,(H,40,43)(H,41,42). The summed E-state index contributed by atoms with van der Waals surface area (Å²) < 4.78 is 6.11. The van der Waals surface area contributed by atoms with Gasteiger partial charge in [0.25, 0.3) is 11.8 Å². The third kappa shape index (κ3) is 6.87. The number of carbonyl (C=O) groups is 2. The number of para-hydroxylation sites is 1. The Morgan fingerprint density at radius 2 is 1.59 bits per heavy atom. The number of nitrogens with zero attached hydrogens (tertiary/aromatic N) is 3. The van der Waals surface area contributed by atoms with Gasteiger partial charge in [-0.3, -0.25) is 24.5 Å². The quantitative estimate of drug-likeness (QED) is 0.181. The fraction of sp³-hybridized carbons (Fsp3) is 0.229. The number of halogens is 1. The lowest BCUT2D eigenvalue weighted by Gasteiger charge is -2.22. The molecule has 0 radical (unpaired) electrons. The summed E-state index contributed by atoms with van der Waals surface area (Å²) in [4.78, 5) is 40.0. The van der Waals surface area contributed by atoms with Gasteiger partial charge in [-0.05, 0) is 73.4 Å². The lowest BCUT2D eigenvalue weighted by molar-refractivity contribution is 0.0940. The molecule has 8 nitrogen and oxygen atoms in total. The lowest BCUT2D eigenvalue weighted by atomic mass is 9.90. The summed E-state index contributed by atoms with van der Waals surface area (Å²) in [5, 5.41) is 7.15. The highest BCUT2D eigenvalue weighted by Gasteiger charge is 2.22. The van der Waals surface area contributed by atoms with E-state index < -0.39 is 6.04 Å². The molecule has 44 heavy (non-hydrogen) atoms. The van der Waals surface area contributed by atoms with Gasteiger partial charge in [0.15, 0.2) is 5.75 Å². The molecule has 3 heterocycles. The molecule has 2 amide bonds. The summed E-state index contributed by atoms with van der Waals surface area (Å²) in [6.45, 7) is 0.546. The Kier molecular flexibility index (Phi) is 9.08. The number of aromatic nitrogens is 3. The van der Waals surface area contributed by atoms with Crippen molar-refractivity contribution in [1.29, 1.82) is 0 Å². The number of fused-ring (bicyclic) bond motifs is 1. The Morgan fingerprint density at radius 1 is 0.841 bits per heavy atom. The Balaban J connectivity index is 1.17. The molecule has 1 aliphatic rings. The third-order valence-corrected chi connectivity index (χ3v) is 8.14. The largest absolute Gasteiger partial charge is 0.491 e. The van der Waals surface area contributed by atoms with Crippen LogP contribution in [0.15, 0.2) is 97.5 Å². The van der Waals surface area contributed by atoms with Gasteiger partial charge in [-0.2, -0.15) is 0 Å². The Labute approximate surface area is 260 Å². The summed E-state index contributed by atoms with van der Waals surface area (Å²) in [6.07, 6.45) is 10.8. The Hall–Kier alpha value is -4.82. The maximum atomic E-state index is 13.3. The number of amides is 2. The number of ether oxygens (including phenoxy) is 1. The maximum Gasteiger partial charge on any atom is 0.259 e. The minimum atomic E-state index is -0.527. The van der Waals surface area contributed by atoms with Gasteiger partial charge in [-0.1, -0.05) is 55.1 Å². The van der Waals surface area contributed by atoms with Crippen molar-refractivity contribution in [2.45, 2.75) is 38.1 Å². The van der Waals surface area contributed by atoms with Gasteiger partial charge in [-0.15, -0.1) is 0 Å². The molecule has 0 aliphatic heterocycles. The van der Waals surface area contributed by atoms with E-state index in [0.29, 0.717) is 57.0 Å². The SMILES string of the molecule is O=C(NC(c1ccccn1)c1ccccn1)c1cnc2cc(NC(=O)c3cccc(Cl)c3OCC3CCCCC3)ccc2c1. The third-order valence-electron chi connectivity index (χ3n) is 7.85. The molecule has 9 heteroatoms. The molecule has 2 N–H and O–H groups in total. The van der Waals surface area contributed by atoms with E-state index in [-0.39, 0.29) is 11.8 Å². The minimum Gasteiger partial charge on any atom is -0.491 e. The number of hydrogen-bond acceptors (Lipinski definition) is 6. The zero-order valence-corrected chi connectivity index (χ0v) is 24.8. The first-order valence-corrected chi connectivity index (χ1v) is 15.2. The normalized spacial score (nSPS) is 13.5. The van der Waals surface area contributed by atoms with Gasteiger partial charge >= 0.3 is 0 Å². The van der Waals surface area contributed by atoms with Crippen LogP contribution in [0.4, 0.5) is 5.69 Å². The van der Waals surface area contributed by atoms with E-state index in [0.717, 1.165) is 18.2 Å². The molecule has 5 aromatic rings. The van der Waals surface area contributed by atoms with Crippen LogP contribution in [0.2, 0.25) is 5.02 Å². The second-order valence-corrected chi connectivity index (χ2v) is 11.3. The highest BCUT2D eigenvalue weighted by Crippen LogP contribution is 2.32. The monoisotopic (exact) mass is 605 g/mol. The van der Waals surface area contributed by atoms with Crippen LogP contribution >= 0.6 is 11.6 Å². The summed E-state index contributed by atoms with van der Waals surface area (Å²) in [5.74, 6) is 0.253. The smallest absolute Gasteiger partial charge is 0.259 e. The molecule has 0 bridgehead atoms. The van der Waals surface area contributed by atoms with Gasteiger partial charge in [0.05, 0.1) is 39.7 Å². The molecular weight excluding hydrogens is 574 g/mol. The minimum absolute atomic E-state index is 0.306. The van der Waals surface area contributed by atoms with Gasteiger partial charge in [0.1, 0.15) is 6.04 Å². The van der Waals surface area contributed by atoms with Gasteiger partial charge in [-0.25, -0.2) is 0 Å². The number of hydrogen-bond donors (Lipinski definition) is 2. The van der Waals surface area contributed by atoms with Crippen molar-refractivity contribution < 1.29 is 14.3 Å². The van der Waals surface area contributed by atoms with Crippen molar-refractivity contribution in [3.8, 4) is 5.75 Å². The number of rotatable bonds is 9. The van der Waals surface area contributed by atoms with Crippen LogP contribution in [0.5, 0.6) is 5.75 Å². The number of nitrogens with one attached hydrogen (secondary N) is 2. The molecule has 0 unspecified atom stereocenters. The van der Waals surface area contributed by atoms with Crippen molar-refractivity contribution >= 4 is 40.0 Å². The lowest BCUT2D eigenvalue weighted by Crippen LogP contribution is -2.30. The topological polar surface area (TPSA) is 106 Å². The van der Waals surface area contributed by atoms with Crippen LogP contribution in [0.3, 0.4) is 0 Å². The van der Waals surface area contributed by atoms with Crippen molar-refractivity contribution in [2.75, 3.05) is 11.9 Å². The molecule has 3 aromatic heterocycles.